The fourth-order valence-electron chi connectivity index (χ4n) is 3.61. The monoisotopic (exact) mass is 467 g/mol. The van der Waals surface area contributed by atoms with Crippen LogP contribution in [-0.4, -0.2) is 66.7 Å². The van der Waals surface area contributed by atoms with Gasteiger partial charge in [-0.25, -0.2) is 21.6 Å². The molecular weight excluding hydrogens is 438 g/mol. The first-order chi connectivity index (χ1) is 14.6. The average Bonchev–Trinajstić information content (AvgIpc) is 2.75. The molecule has 1 heterocycles. The number of benzene rings is 2. The van der Waals surface area contributed by atoms with Crippen LogP contribution < -0.4 is 14.4 Å². The zero-order valence-electron chi connectivity index (χ0n) is 18.0. The van der Waals surface area contributed by atoms with Crippen molar-refractivity contribution < 1.29 is 21.6 Å². The predicted octanol–water partition coefficient (Wildman–Crippen LogP) is 1.74. The summed E-state index contributed by atoms with van der Waals surface area (Å²) in [5.41, 5.74) is 2.38. The quantitative estimate of drug-likeness (QED) is 0.635. The number of sulfonamides is 2. The molecule has 1 aliphatic rings. The summed E-state index contributed by atoms with van der Waals surface area (Å²) in [5.74, 6) is 0.464. The molecule has 0 unspecified atom stereocenters. The standard InChI is InChI=1S/C21H29N3O5S2/c1-17-8-9-18(2)21(16-17)31(27,28)22-10-15-30(25,26)24-13-11-23(12-14-24)19-6-4-5-7-20(19)29-3/h4-9,16,22H,10-15H2,1-3H3. The molecule has 2 aromatic rings. The second-order valence-electron chi connectivity index (χ2n) is 7.54. The molecule has 31 heavy (non-hydrogen) atoms. The van der Waals surface area contributed by atoms with Gasteiger partial charge in [-0.1, -0.05) is 24.3 Å². The van der Waals surface area contributed by atoms with Crippen molar-refractivity contribution in [2.45, 2.75) is 18.7 Å². The van der Waals surface area contributed by atoms with Gasteiger partial charge in [0.15, 0.2) is 0 Å². The van der Waals surface area contributed by atoms with Crippen molar-refractivity contribution >= 4 is 25.7 Å². The van der Waals surface area contributed by atoms with Crippen LogP contribution in [0.15, 0.2) is 47.4 Å². The number of methoxy groups -OCH3 is 1. The highest BCUT2D eigenvalue weighted by Gasteiger charge is 2.28. The fourth-order valence-corrected chi connectivity index (χ4v) is 6.43. The molecule has 0 saturated carbocycles. The third-order valence-electron chi connectivity index (χ3n) is 5.34. The van der Waals surface area contributed by atoms with E-state index in [0.717, 1.165) is 17.0 Å². The number of aryl methyl sites for hydroxylation is 2. The molecule has 0 spiro atoms. The molecule has 0 radical (unpaired) electrons. The SMILES string of the molecule is COc1ccccc1N1CCN(S(=O)(=O)CCNS(=O)(=O)c2cc(C)ccc2C)CC1. The number of piperazine rings is 1. The smallest absolute Gasteiger partial charge is 0.240 e. The number of nitrogens with zero attached hydrogens (tertiary/aromatic N) is 2. The molecule has 2 aromatic carbocycles. The van der Waals surface area contributed by atoms with E-state index in [1.54, 1.807) is 26.2 Å². The Kier molecular flexibility index (Phi) is 7.25. The highest BCUT2D eigenvalue weighted by Crippen LogP contribution is 2.28. The molecule has 0 aliphatic carbocycles. The van der Waals surface area contributed by atoms with Crippen molar-refractivity contribution in [1.82, 2.24) is 9.03 Å². The van der Waals surface area contributed by atoms with E-state index in [4.69, 9.17) is 4.74 Å². The Morgan fingerprint density at radius 1 is 0.968 bits per heavy atom. The Balaban J connectivity index is 1.58. The summed E-state index contributed by atoms with van der Waals surface area (Å²) < 4.78 is 59.9. The van der Waals surface area contributed by atoms with E-state index in [9.17, 15) is 16.8 Å². The third-order valence-corrected chi connectivity index (χ3v) is 8.82. The van der Waals surface area contributed by atoms with E-state index in [2.05, 4.69) is 9.62 Å². The van der Waals surface area contributed by atoms with E-state index < -0.39 is 20.0 Å². The van der Waals surface area contributed by atoms with Gasteiger partial charge >= 0.3 is 0 Å². The molecule has 0 amide bonds. The van der Waals surface area contributed by atoms with Gasteiger partial charge in [-0.15, -0.1) is 0 Å². The molecule has 1 fully saturated rings. The lowest BCUT2D eigenvalue weighted by molar-refractivity contribution is 0.378. The lowest BCUT2D eigenvalue weighted by atomic mass is 10.2. The predicted molar refractivity (Wildman–Crippen MR) is 122 cm³/mol. The number of rotatable bonds is 8. The van der Waals surface area contributed by atoms with Crippen LogP contribution in [0, 0.1) is 13.8 Å². The number of nitrogens with one attached hydrogen (secondary N) is 1. The first-order valence-electron chi connectivity index (χ1n) is 10.1. The minimum Gasteiger partial charge on any atom is -0.495 e. The normalized spacial score (nSPS) is 15.8. The summed E-state index contributed by atoms with van der Waals surface area (Å²) in [4.78, 5) is 2.27. The molecule has 1 saturated heterocycles. The Morgan fingerprint density at radius 2 is 1.65 bits per heavy atom. The minimum atomic E-state index is -3.77. The Bertz CT molecular complexity index is 1130. The van der Waals surface area contributed by atoms with Gasteiger partial charge in [-0.2, -0.15) is 4.31 Å². The van der Waals surface area contributed by atoms with Crippen LogP contribution in [0.3, 0.4) is 0 Å². The highest BCUT2D eigenvalue weighted by atomic mass is 32.2. The molecular formula is C21H29N3O5S2. The van der Waals surface area contributed by atoms with E-state index in [-0.39, 0.29) is 17.2 Å². The fraction of sp³-hybridized carbons (Fsp3) is 0.429. The molecule has 0 bridgehead atoms. The molecule has 170 valence electrons. The molecule has 0 aromatic heterocycles. The van der Waals surface area contributed by atoms with Crippen molar-refractivity contribution in [3.05, 3.63) is 53.6 Å². The van der Waals surface area contributed by atoms with E-state index in [1.807, 2.05) is 37.3 Å². The van der Waals surface area contributed by atoms with Crippen LogP contribution >= 0.6 is 0 Å². The van der Waals surface area contributed by atoms with Crippen LogP contribution in [0.5, 0.6) is 5.75 Å². The first kappa shape index (κ1) is 23.5. The molecule has 10 heteroatoms. The summed E-state index contributed by atoms with van der Waals surface area (Å²) in [6, 6.07) is 12.8. The number of hydrogen-bond acceptors (Lipinski definition) is 6. The number of hydrogen-bond donors (Lipinski definition) is 1. The zero-order valence-corrected chi connectivity index (χ0v) is 19.7. The van der Waals surface area contributed by atoms with Gasteiger partial charge in [-0.05, 0) is 43.2 Å². The van der Waals surface area contributed by atoms with Gasteiger partial charge in [0.25, 0.3) is 0 Å². The van der Waals surface area contributed by atoms with Crippen LogP contribution in [0.2, 0.25) is 0 Å². The van der Waals surface area contributed by atoms with Gasteiger partial charge in [0, 0.05) is 32.7 Å². The Labute approximate surface area is 184 Å². The Hall–Kier alpha value is -2.14. The topological polar surface area (TPSA) is 96.0 Å². The van der Waals surface area contributed by atoms with Crippen LogP contribution in [0.4, 0.5) is 5.69 Å². The second kappa shape index (κ2) is 9.56. The lowest BCUT2D eigenvalue weighted by Gasteiger charge is -2.36. The first-order valence-corrected chi connectivity index (χ1v) is 13.2. The maximum absolute atomic E-state index is 12.7. The Morgan fingerprint density at radius 3 is 2.32 bits per heavy atom. The minimum absolute atomic E-state index is 0.176. The summed E-state index contributed by atoms with van der Waals surface area (Å²) in [6.07, 6.45) is 0. The van der Waals surface area contributed by atoms with Crippen molar-refractivity contribution in [2.75, 3.05) is 50.5 Å². The van der Waals surface area contributed by atoms with Gasteiger partial charge < -0.3 is 9.64 Å². The van der Waals surface area contributed by atoms with Crippen LogP contribution in [0.25, 0.3) is 0 Å². The maximum atomic E-state index is 12.7. The van der Waals surface area contributed by atoms with E-state index in [1.165, 1.54) is 4.31 Å². The summed E-state index contributed by atoms with van der Waals surface area (Å²) in [5, 5.41) is 0. The van der Waals surface area contributed by atoms with Crippen molar-refractivity contribution in [2.24, 2.45) is 0 Å². The number of ether oxygens (including phenoxy) is 1. The molecule has 1 aliphatic heterocycles. The van der Waals surface area contributed by atoms with Gasteiger partial charge in [0.2, 0.25) is 20.0 Å². The maximum Gasteiger partial charge on any atom is 0.240 e. The van der Waals surface area contributed by atoms with Gasteiger partial charge in [0.1, 0.15) is 5.75 Å². The second-order valence-corrected chi connectivity index (χ2v) is 11.4. The van der Waals surface area contributed by atoms with Crippen molar-refractivity contribution in [1.29, 1.82) is 0 Å². The van der Waals surface area contributed by atoms with Crippen LogP contribution in [-0.2, 0) is 20.0 Å². The van der Waals surface area contributed by atoms with Gasteiger partial charge in [0.05, 0.1) is 23.4 Å². The largest absolute Gasteiger partial charge is 0.495 e. The van der Waals surface area contributed by atoms with E-state index in [0.29, 0.717) is 31.7 Å². The average molecular weight is 468 g/mol. The summed E-state index contributed by atoms with van der Waals surface area (Å²) in [7, 11) is -5.74. The zero-order chi connectivity index (χ0) is 22.6. The van der Waals surface area contributed by atoms with Crippen molar-refractivity contribution in [3.8, 4) is 5.75 Å². The molecule has 8 nitrogen and oxygen atoms in total. The third kappa shape index (κ3) is 5.57. The highest BCUT2D eigenvalue weighted by molar-refractivity contribution is 7.90. The van der Waals surface area contributed by atoms with Gasteiger partial charge in [-0.3, -0.25) is 0 Å². The van der Waals surface area contributed by atoms with E-state index >= 15 is 0 Å². The number of para-hydroxylation sites is 2. The van der Waals surface area contributed by atoms with Crippen molar-refractivity contribution in [3.63, 3.8) is 0 Å². The molecule has 0 atom stereocenters. The lowest BCUT2D eigenvalue weighted by Crippen LogP contribution is -2.50. The number of anilines is 1. The van der Waals surface area contributed by atoms with Crippen LogP contribution in [0.1, 0.15) is 11.1 Å². The summed E-state index contributed by atoms with van der Waals surface area (Å²) in [6.45, 7) is 5.10. The molecule has 3 rings (SSSR count). The molecule has 1 N–H and O–H groups in total. The summed E-state index contributed by atoms with van der Waals surface area (Å²) >= 11 is 0.